The third-order valence-electron chi connectivity index (χ3n) is 3.11. The van der Waals surface area contributed by atoms with E-state index in [1.807, 2.05) is 0 Å². The first-order chi connectivity index (χ1) is 11.0. The van der Waals surface area contributed by atoms with Gasteiger partial charge in [0.15, 0.2) is 0 Å². The molecule has 0 fully saturated rings. The normalized spacial score (nSPS) is 10.6. The Bertz CT molecular complexity index is 860. The molecule has 0 unspecified atom stereocenters. The van der Waals surface area contributed by atoms with Crippen molar-refractivity contribution in [1.29, 1.82) is 0 Å². The molecule has 1 heterocycles. The molecule has 0 spiro atoms. The second-order valence-corrected chi connectivity index (χ2v) is 4.79. The number of hydrogen-bond donors (Lipinski definition) is 1. The van der Waals surface area contributed by atoms with Crippen molar-refractivity contribution in [2.75, 3.05) is 5.32 Å². The summed E-state index contributed by atoms with van der Waals surface area (Å²) < 4.78 is 31.3. The van der Waals surface area contributed by atoms with E-state index in [0.717, 1.165) is 6.07 Å². The molecule has 0 aliphatic carbocycles. The highest BCUT2D eigenvalue weighted by molar-refractivity contribution is 6.04. The highest BCUT2D eigenvalue weighted by Crippen LogP contribution is 2.19. The molecule has 0 bridgehead atoms. The van der Waals surface area contributed by atoms with E-state index in [1.54, 1.807) is 31.2 Å². The van der Waals surface area contributed by atoms with Crippen molar-refractivity contribution in [3.8, 4) is 11.4 Å². The third-order valence-corrected chi connectivity index (χ3v) is 3.11. The minimum atomic E-state index is -0.836. The predicted molar refractivity (Wildman–Crippen MR) is 78.8 cm³/mol. The smallest absolute Gasteiger partial charge is 0.255 e. The first-order valence-corrected chi connectivity index (χ1v) is 6.70. The van der Waals surface area contributed by atoms with Crippen LogP contribution in [0.5, 0.6) is 0 Å². The Balaban J connectivity index is 1.77. The first-order valence-electron chi connectivity index (χ1n) is 6.70. The average molecular weight is 315 g/mol. The molecule has 116 valence electrons. The fourth-order valence-corrected chi connectivity index (χ4v) is 1.97. The van der Waals surface area contributed by atoms with E-state index in [-0.39, 0.29) is 5.69 Å². The maximum atomic E-state index is 13.5. The summed E-state index contributed by atoms with van der Waals surface area (Å²) in [6.45, 7) is 1.68. The molecule has 1 aromatic heterocycles. The summed E-state index contributed by atoms with van der Waals surface area (Å²) in [4.78, 5) is 16.2. The van der Waals surface area contributed by atoms with Gasteiger partial charge < -0.3 is 9.84 Å². The monoisotopic (exact) mass is 315 g/mol. The van der Waals surface area contributed by atoms with Crippen LogP contribution in [0.1, 0.15) is 16.2 Å². The van der Waals surface area contributed by atoms with Crippen molar-refractivity contribution >= 4 is 11.6 Å². The van der Waals surface area contributed by atoms with Crippen LogP contribution in [0.25, 0.3) is 11.4 Å². The molecule has 0 saturated carbocycles. The number of aromatic nitrogens is 2. The Labute approximate surface area is 130 Å². The molecule has 0 saturated heterocycles. The quantitative estimate of drug-likeness (QED) is 0.802. The van der Waals surface area contributed by atoms with Crippen LogP contribution < -0.4 is 5.32 Å². The van der Waals surface area contributed by atoms with Crippen LogP contribution in [0.2, 0.25) is 0 Å². The van der Waals surface area contributed by atoms with Crippen molar-refractivity contribution in [2.45, 2.75) is 6.92 Å². The van der Waals surface area contributed by atoms with Crippen LogP contribution in [0.4, 0.5) is 14.5 Å². The molecular formula is C16H11F2N3O2. The highest BCUT2D eigenvalue weighted by atomic mass is 19.1. The number of carbonyl (C=O) groups excluding carboxylic acids is 1. The van der Waals surface area contributed by atoms with E-state index in [2.05, 4.69) is 15.5 Å². The number of aryl methyl sites for hydroxylation is 1. The molecular weight excluding hydrogens is 304 g/mol. The number of benzene rings is 2. The fraction of sp³-hybridized carbons (Fsp3) is 0.0625. The van der Waals surface area contributed by atoms with Crippen molar-refractivity contribution in [1.82, 2.24) is 10.1 Å². The van der Waals surface area contributed by atoms with Crippen LogP contribution in [0.3, 0.4) is 0 Å². The molecule has 0 radical (unpaired) electrons. The summed E-state index contributed by atoms with van der Waals surface area (Å²) in [5.41, 5.74) is 0.915. The van der Waals surface area contributed by atoms with Crippen LogP contribution in [-0.4, -0.2) is 16.0 Å². The number of anilines is 1. The molecule has 23 heavy (non-hydrogen) atoms. The van der Waals surface area contributed by atoms with Gasteiger partial charge in [0.2, 0.25) is 11.7 Å². The van der Waals surface area contributed by atoms with E-state index < -0.39 is 17.5 Å². The van der Waals surface area contributed by atoms with Gasteiger partial charge in [-0.3, -0.25) is 4.79 Å². The molecule has 3 aromatic rings. The average Bonchev–Trinajstić information content (AvgIpc) is 2.97. The summed E-state index contributed by atoms with van der Waals surface area (Å²) in [5.74, 6) is -1.20. The third kappa shape index (κ3) is 3.23. The van der Waals surface area contributed by atoms with Crippen LogP contribution in [0, 0.1) is 18.6 Å². The van der Waals surface area contributed by atoms with Crippen molar-refractivity contribution in [2.24, 2.45) is 0 Å². The largest absolute Gasteiger partial charge is 0.339 e. The first kappa shape index (κ1) is 14.8. The summed E-state index contributed by atoms with van der Waals surface area (Å²) >= 11 is 0. The van der Waals surface area contributed by atoms with Gasteiger partial charge in [-0.05, 0) is 24.3 Å². The second kappa shape index (κ2) is 5.96. The molecule has 0 aliphatic rings. The minimum Gasteiger partial charge on any atom is -0.339 e. The van der Waals surface area contributed by atoms with Gasteiger partial charge in [-0.1, -0.05) is 17.3 Å². The van der Waals surface area contributed by atoms with Crippen molar-refractivity contribution < 1.29 is 18.1 Å². The number of nitrogens with one attached hydrogen (secondary N) is 1. The number of carbonyl (C=O) groups is 1. The van der Waals surface area contributed by atoms with E-state index in [1.165, 1.54) is 6.07 Å². The number of amides is 1. The molecule has 3 rings (SSSR count). The van der Waals surface area contributed by atoms with Crippen molar-refractivity contribution in [3.05, 3.63) is 65.6 Å². The lowest BCUT2D eigenvalue weighted by molar-refractivity contribution is 0.102. The van der Waals surface area contributed by atoms with E-state index >= 15 is 0 Å². The van der Waals surface area contributed by atoms with E-state index in [0.29, 0.717) is 28.9 Å². The highest BCUT2D eigenvalue weighted by Gasteiger charge is 2.11. The maximum Gasteiger partial charge on any atom is 0.255 e. The van der Waals surface area contributed by atoms with E-state index in [4.69, 9.17) is 4.52 Å². The topological polar surface area (TPSA) is 68.0 Å². The van der Waals surface area contributed by atoms with Crippen molar-refractivity contribution in [3.63, 3.8) is 0 Å². The van der Waals surface area contributed by atoms with Gasteiger partial charge in [0.1, 0.15) is 11.6 Å². The van der Waals surface area contributed by atoms with Crippen LogP contribution >= 0.6 is 0 Å². The lowest BCUT2D eigenvalue weighted by Gasteiger charge is -2.06. The summed E-state index contributed by atoms with van der Waals surface area (Å²) in [7, 11) is 0. The van der Waals surface area contributed by atoms with Gasteiger partial charge in [0.25, 0.3) is 5.91 Å². The number of rotatable bonds is 3. The Morgan fingerprint density at radius 2 is 1.87 bits per heavy atom. The van der Waals surface area contributed by atoms with Crippen LogP contribution in [-0.2, 0) is 0 Å². The summed E-state index contributed by atoms with van der Waals surface area (Å²) in [5, 5.41) is 6.16. The molecule has 0 atom stereocenters. The number of hydrogen-bond acceptors (Lipinski definition) is 4. The molecule has 0 aliphatic heterocycles. The molecule has 5 nitrogen and oxygen atoms in total. The molecule has 1 amide bonds. The van der Waals surface area contributed by atoms with Gasteiger partial charge in [-0.25, -0.2) is 8.78 Å². The standard InChI is InChI=1S/C16H11F2N3O2/c1-9-19-15(21-23-9)10-2-4-11(5-3-10)16(22)20-14-7-6-12(17)8-13(14)18/h2-8H,1H3,(H,20,22). The zero-order valence-corrected chi connectivity index (χ0v) is 12.0. The summed E-state index contributed by atoms with van der Waals surface area (Å²) in [6, 6.07) is 9.35. The lowest BCUT2D eigenvalue weighted by atomic mass is 10.1. The van der Waals surface area contributed by atoms with Gasteiger partial charge in [-0.15, -0.1) is 0 Å². The second-order valence-electron chi connectivity index (χ2n) is 4.79. The zero-order chi connectivity index (χ0) is 16.4. The number of halogens is 2. The van der Waals surface area contributed by atoms with Gasteiger partial charge in [-0.2, -0.15) is 4.98 Å². The van der Waals surface area contributed by atoms with E-state index in [9.17, 15) is 13.6 Å². The maximum absolute atomic E-state index is 13.5. The Hall–Kier alpha value is -3.09. The Morgan fingerprint density at radius 1 is 1.13 bits per heavy atom. The van der Waals surface area contributed by atoms with Gasteiger partial charge in [0.05, 0.1) is 5.69 Å². The fourth-order valence-electron chi connectivity index (χ4n) is 1.97. The van der Waals surface area contributed by atoms with Crippen LogP contribution in [0.15, 0.2) is 47.0 Å². The van der Waals surface area contributed by atoms with Gasteiger partial charge >= 0.3 is 0 Å². The summed E-state index contributed by atoms with van der Waals surface area (Å²) in [6.07, 6.45) is 0. The predicted octanol–water partition coefficient (Wildman–Crippen LogP) is 3.58. The molecule has 1 N–H and O–H groups in total. The number of nitrogens with zero attached hydrogens (tertiary/aromatic N) is 2. The molecule has 7 heteroatoms. The van der Waals surface area contributed by atoms with Gasteiger partial charge in [0, 0.05) is 24.1 Å². The SMILES string of the molecule is Cc1nc(-c2ccc(C(=O)Nc3ccc(F)cc3F)cc2)no1. The zero-order valence-electron chi connectivity index (χ0n) is 12.0. The lowest BCUT2D eigenvalue weighted by Crippen LogP contribution is -2.13. The Morgan fingerprint density at radius 3 is 2.48 bits per heavy atom. The minimum absolute atomic E-state index is 0.0886. The molecule has 2 aromatic carbocycles. The Kier molecular flexibility index (Phi) is 3.84.